The minimum atomic E-state index is -0.256. The van der Waals surface area contributed by atoms with Gasteiger partial charge in [0.1, 0.15) is 17.7 Å². The smallest absolute Gasteiger partial charge is 0.315 e. The van der Waals surface area contributed by atoms with Crippen molar-refractivity contribution in [1.29, 1.82) is 0 Å². The molecule has 0 aromatic carbocycles. The zero-order valence-electron chi connectivity index (χ0n) is 13.4. The molecular formula is C15H17N7OS. The molecule has 3 aromatic heterocycles. The maximum Gasteiger partial charge on any atom is 0.315 e. The number of hydrogen-bond donors (Lipinski definition) is 2. The van der Waals surface area contributed by atoms with E-state index in [1.807, 2.05) is 26.0 Å². The SMILES string of the molecule is Cc1nc(CNC(=O)NCc2cccnc2-n2cncn2)sc1C. The molecule has 3 rings (SSSR count). The number of nitrogens with one attached hydrogen (secondary N) is 2. The van der Waals surface area contributed by atoms with Gasteiger partial charge in [-0.05, 0) is 19.9 Å². The van der Waals surface area contributed by atoms with E-state index in [1.54, 1.807) is 28.5 Å². The van der Waals surface area contributed by atoms with Gasteiger partial charge in [0.05, 0.1) is 12.2 Å². The lowest BCUT2D eigenvalue weighted by Crippen LogP contribution is -2.34. The van der Waals surface area contributed by atoms with Crippen LogP contribution in [-0.4, -0.2) is 30.8 Å². The highest BCUT2D eigenvalue weighted by Gasteiger charge is 2.09. The number of carbonyl (C=O) groups is 1. The van der Waals surface area contributed by atoms with Gasteiger partial charge in [0.25, 0.3) is 0 Å². The van der Waals surface area contributed by atoms with E-state index in [9.17, 15) is 4.79 Å². The van der Waals surface area contributed by atoms with Crippen LogP contribution in [-0.2, 0) is 13.1 Å². The van der Waals surface area contributed by atoms with Crippen LogP contribution in [0.15, 0.2) is 31.0 Å². The molecule has 124 valence electrons. The third kappa shape index (κ3) is 3.74. The van der Waals surface area contributed by atoms with E-state index in [2.05, 4.69) is 30.7 Å². The summed E-state index contributed by atoms with van der Waals surface area (Å²) in [7, 11) is 0. The number of aryl methyl sites for hydroxylation is 2. The molecule has 8 nitrogen and oxygen atoms in total. The molecule has 0 atom stereocenters. The summed E-state index contributed by atoms with van der Waals surface area (Å²) in [6.45, 7) is 4.73. The fourth-order valence-electron chi connectivity index (χ4n) is 2.10. The maximum absolute atomic E-state index is 12.0. The van der Waals surface area contributed by atoms with E-state index < -0.39 is 0 Å². The van der Waals surface area contributed by atoms with Gasteiger partial charge in [-0.2, -0.15) is 5.10 Å². The Hall–Kier alpha value is -2.81. The van der Waals surface area contributed by atoms with Crippen molar-refractivity contribution in [2.24, 2.45) is 0 Å². The first-order chi connectivity index (χ1) is 11.6. The summed E-state index contributed by atoms with van der Waals surface area (Å²) in [5.41, 5.74) is 1.85. The van der Waals surface area contributed by atoms with Crippen molar-refractivity contribution >= 4 is 17.4 Å². The number of pyridine rings is 1. The monoisotopic (exact) mass is 343 g/mol. The molecule has 3 heterocycles. The first kappa shape index (κ1) is 16.1. The summed E-state index contributed by atoms with van der Waals surface area (Å²) in [5, 5.41) is 10.6. The van der Waals surface area contributed by atoms with Crippen molar-refractivity contribution in [2.45, 2.75) is 26.9 Å². The summed E-state index contributed by atoms with van der Waals surface area (Å²) in [4.78, 5) is 25.7. The van der Waals surface area contributed by atoms with E-state index in [0.717, 1.165) is 16.3 Å². The van der Waals surface area contributed by atoms with E-state index >= 15 is 0 Å². The second-order valence-corrected chi connectivity index (χ2v) is 6.40. The van der Waals surface area contributed by atoms with Crippen LogP contribution in [0.3, 0.4) is 0 Å². The van der Waals surface area contributed by atoms with Crippen molar-refractivity contribution in [1.82, 2.24) is 35.4 Å². The molecule has 0 spiro atoms. The number of thiazole rings is 1. The Morgan fingerprint density at radius 1 is 1.29 bits per heavy atom. The molecule has 0 bridgehead atoms. The van der Waals surface area contributed by atoms with Crippen molar-refractivity contribution < 1.29 is 4.79 Å². The van der Waals surface area contributed by atoms with Gasteiger partial charge in [-0.15, -0.1) is 11.3 Å². The number of urea groups is 1. The molecule has 0 aliphatic heterocycles. The molecular weight excluding hydrogens is 326 g/mol. The minimum absolute atomic E-state index is 0.256. The second kappa shape index (κ2) is 7.18. The zero-order valence-corrected chi connectivity index (χ0v) is 14.2. The topological polar surface area (TPSA) is 97.6 Å². The number of amides is 2. The van der Waals surface area contributed by atoms with Crippen LogP contribution in [0, 0.1) is 13.8 Å². The quantitative estimate of drug-likeness (QED) is 0.735. The lowest BCUT2D eigenvalue weighted by atomic mass is 10.2. The average Bonchev–Trinajstić information content (AvgIpc) is 3.22. The number of hydrogen-bond acceptors (Lipinski definition) is 6. The molecule has 0 unspecified atom stereocenters. The van der Waals surface area contributed by atoms with Crippen molar-refractivity contribution in [3.05, 3.63) is 52.1 Å². The fraction of sp³-hybridized carbons (Fsp3) is 0.267. The predicted octanol–water partition coefficient (Wildman–Crippen LogP) is 1.74. The van der Waals surface area contributed by atoms with Gasteiger partial charge in [0, 0.05) is 23.2 Å². The first-order valence-electron chi connectivity index (χ1n) is 7.37. The molecule has 0 fully saturated rings. The Morgan fingerprint density at radius 2 is 2.12 bits per heavy atom. The van der Waals surface area contributed by atoms with Gasteiger partial charge < -0.3 is 10.6 Å². The molecule has 0 saturated heterocycles. The molecule has 2 N–H and O–H groups in total. The van der Waals surface area contributed by atoms with Gasteiger partial charge in [0.2, 0.25) is 0 Å². The lowest BCUT2D eigenvalue weighted by Gasteiger charge is -2.09. The zero-order chi connectivity index (χ0) is 16.9. The fourth-order valence-corrected chi connectivity index (χ4v) is 2.97. The Bertz CT molecular complexity index is 809. The number of rotatable bonds is 5. The van der Waals surface area contributed by atoms with E-state index in [-0.39, 0.29) is 6.03 Å². The third-order valence-corrected chi connectivity index (χ3v) is 4.49. The van der Waals surface area contributed by atoms with Gasteiger partial charge in [0.15, 0.2) is 5.82 Å². The molecule has 24 heavy (non-hydrogen) atoms. The van der Waals surface area contributed by atoms with Crippen molar-refractivity contribution in [3.63, 3.8) is 0 Å². The number of nitrogens with zero attached hydrogens (tertiary/aromatic N) is 5. The van der Waals surface area contributed by atoms with Crippen LogP contribution in [0.1, 0.15) is 21.1 Å². The van der Waals surface area contributed by atoms with Crippen LogP contribution in [0.4, 0.5) is 4.79 Å². The van der Waals surface area contributed by atoms with E-state index in [1.165, 1.54) is 11.2 Å². The van der Waals surface area contributed by atoms with Crippen molar-refractivity contribution in [2.75, 3.05) is 0 Å². The van der Waals surface area contributed by atoms with Gasteiger partial charge in [-0.25, -0.2) is 24.4 Å². The van der Waals surface area contributed by atoms with Crippen LogP contribution >= 0.6 is 11.3 Å². The molecule has 0 radical (unpaired) electrons. The summed E-state index contributed by atoms with van der Waals surface area (Å²) in [6, 6.07) is 3.45. The van der Waals surface area contributed by atoms with Gasteiger partial charge in [-0.1, -0.05) is 6.07 Å². The second-order valence-electron chi connectivity index (χ2n) is 5.11. The Kier molecular flexibility index (Phi) is 4.80. The lowest BCUT2D eigenvalue weighted by molar-refractivity contribution is 0.240. The average molecular weight is 343 g/mol. The Balaban J connectivity index is 1.57. The Labute approximate surface area is 143 Å². The van der Waals surface area contributed by atoms with E-state index in [0.29, 0.717) is 18.9 Å². The summed E-state index contributed by atoms with van der Waals surface area (Å²) in [6.07, 6.45) is 4.68. The molecule has 3 aromatic rings. The predicted molar refractivity (Wildman–Crippen MR) is 89.8 cm³/mol. The molecule has 2 amide bonds. The normalized spacial score (nSPS) is 10.6. The molecule has 0 aliphatic rings. The first-order valence-corrected chi connectivity index (χ1v) is 8.18. The number of aromatic nitrogens is 5. The number of carbonyl (C=O) groups excluding carboxylic acids is 1. The van der Waals surface area contributed by atoms with Crippen LogP contribution in [0.25, 0.3) is 5.82 Å². The minimum Gasteiger partial charge on any atom is -0.334 e. The van der Waals surface area contributed by atoms with Crippen molar-refractivity contribution in [3.8, 4) is 5.82 Å². The largest absolute Gasteiger partial charge is 0.334 e. The maximum atomic E-state index is 12.0. The third-order valence-electron chi connectivity index (χ3n) is 3.42. The van der Waals surface area contributed by atoms with Crippen LogP contribution in [0.5, 0.6) is 0 Å². The highest BCUT2D eigenvalue weighted by molar-refractivity contribution is 7.11. The van der Waals surface area contributed by atoms with Crippen LogP contribution in [0.2, 0.25) is 0 Å². The van der Waals surface area contributed by atoms with Gasteiger partial charge in [-0.3, -0.25) is 0 Å². The van der Waals surface area contributed by atoms with Crippen LogP contribution < -0.4 is 10.6 Å². The molecule has 0 aliphatic carbocycles. The molecule has 9 heteroatoms. The van der Waals surface area contributed by atoms with Gasteiger partial charge >= 0.3 is 6.03 Å². The standard InChI is InChI=1S/C15H17N7OS/c1-10-11(2)24-13(21-10)7-19-15(23)18-6-12-4-3-5-17-14(12)22-9-16-8-20-22/h3-5,8-9H,6-7H2,1-2H3,(H2,18,19,23). The highest BCUT2D eigenvalue weighted by Crippen LogP contribution is 2.15. The summed E-state index contributed by atoms with van der Waals surface area (Å²) < 4.78 is 1.57. The van der Waals surface area contributed by atoms with E-state index in [4.69, 9.17) is 0 Å². The molecule has 0 saturated carbocycles. The highest BCUT2D eigenvalue weighted by atomic mass is 32.1. The Morgan fingerprint density at radius 3 is 2.83 bits per heavy atom. The summed E-state index contributed by atoms with van der Waals surface area (Å²) in [5.74, 6) is 0.640. The summed E-state index contributed by atoms with van der Waals surface area (Å²) >= 11 is 1.59.